The molecule has 3 N–H and O–H groups in total. The van der Waals surface area contributed by atoms with E-state index >= 15 is 0 Å². The van der Waals surface area contributed by atoms with Gasteiger partial charge in [0.05, 0.1) is 20.8 Å². The van der Waals surface area contributed by atoms with Gasteiger partial charge in [0.15, 0.2) is 17.5 Å². The molecule has 23 heavy (non-hydrogen) atoms. The van der Waals surface area contributed by atoms with E-state index in [1.165, 1.54) is 14.2 Å². The van der Waals surface area contributed by atoms with Gasteiger partial charge in [-0.3, -0.25) is 0 Å². The van der Waals surface area contributed by atoms with Crippen LogP contribution < -0.4 is 20.1 Å². The lowest BCUT2D eigenvalue weighted by molar-refractivity contribution is 0.339. The minimum Gasteiger partial charge on any atom is -0.502 e. The highest BCUT2D eigenvalue weighted by Gasteiger charge is 2.13. The second-order valence-electron chi connectivity index (χ2n) is 5.33. The lowest BCUT2D eigenvalue weighted by atomic mass is 10.2. The molecule has 2 rings (SSSR count). The van der Waals surface area contributed by atoms with Gasteiger partial charge in [-0.05, 0) is 37.5 Å². The van der Waals surface area contributed by atoms with Crippen LogP contribution in [0.25, 0.3) is 0 Å². The van der Waals surface area contributed by atoms with Gasteiger partial charge < -0.3 is 25.2 Å². The second-order valence-corrected chi connectivity index (χ2v) is 5.33. The summed E-state index contributed by atoms with van der Waals surface area (Å²) in [6.45, 7) is 3.30. The van der Waals surface area contributed by atoms with Crippen molar-refractivity contribution in [3.63, 3.8) is 0 Å². The summed E-state index contributed by atoms with van der Waals surface area (Å²) in [6, 6.07) is 3.93. The fraction of sp³-hybridized carbons (Fsp3) is 0.471. The first kappa shape index (κ1) is 17.0. The highest BCUT2D eigenvalue weighted by molar-refractivity contribution is 5.80. The molecule has 1 aromatic carbocycles. The van der Waals surface area contributed by atoms with Crippen molar-refractivity contribution in [2.45, 2.75) is 32.4 Å². The van der Waals surface area contributed by atoms with Gasteiger partial charge in [-0.2, -0.15) is 0 Å². The monoisotopic (exact) mass is 319 g/mol. The van der Waals surface area contributed by atoms with Crippen molar-refractivity contribution < 1.29 is 14.6 Å². The number of phenolic OH excluding ortho intramolecular Hbond substituents is 1. The highest BCUT2D eigenvalue weighted by atomic mass is 16.5. The lowest BCUT2D eigenvalue weighted by Crippen LogP contribution is -2.42. The molecule has 0 saturated heterocycles. The van der Waals surface area contributed by atoms with Gasteiger partial charge in [0.1, 0.15) is 0 Å². The lowest BCUT2D eigenvalue weighted by Gasteiger charge is -2.17. The van der Waals surface area contributed by atoms with Gasteiger partial charge in [0.25, 0.3) is 0 Å². The van der Waals surface area contributed by atoms with E-state index in [0.29, 0.717) is 24.1 Å². The van der Waals surface area contributed by atoms with Crippen molar-refractivity contribution in [2.75, 3.05) is 20.8 Å². The highest BCUT2D eigenvalue weighted by Crippen LogP contribution is 2.37. The number of benzene rings is 1. The smallest absolute Gasteiger partial charge is 0.200 e. The molecule has 0 unspecified atom stereocenters. The van der Waals surface area contributed by atoms with E-state index in [9.17, 15) is 5.11 Å². The summed E-state index contributed by atoms with van der Waals surface area (Å²) >= 11 is 0. The zero-order valence-electron chi connectivity index (χ0n) is 13.9. The van der Waals surface area contributed by atoms with E-state index in [0.717, 1.165) is 30.9 Å². The largest absolute Gasteiger partial charge is 0.502 e. The van der Waals surface area contributed by atoms with Crippen LogP contribution in [-0.2, 0) is 6.54 Å². The first-order valence-corrected chi connectivity index (χ1v) is 7.81. The number of nitrogens with zero attached hydrogens (tertiary/aromatic N) is 1. The quantitative estimate of drug-likeness (QED) is 0.426. The summed E-state index contributed by atoms with van der Waals surface area (Å²) in [5, 5.41) is 16.6. The molecule has 1 aromatic rings. The summed E-state index contributed by atoms with van der Waals surface area (Å²) in [4.78, 5) is 4.60. The number of nitrogens with one attached hydrogen (secondary N) is 2. The Hall–Kier alpha value is -2.37. The molecule has 0 spiro atoms. The van der Waals surface area contributed by atoms with E-state index in [1.807, 2.05) is 6.92 Å². The van der Waals surface area contributed by atoms with Gasteiger partial charge in [-0.15, -0.1) is 0 Å². The molecule has 6 heteroatoms. The van der Waals surface area contributed by atoms with Crippen molar-refractivity contribution in [1.82, 2.24) is 10.6 Å². The topological polar surface area (TPSA) is 75.1 Å². The molecule has 0 aliphatic heterocycles. The Bertz CT molecular complexity index is 551. The molecular weight excluding hydrogens is 294 g/mol. The first-order valence-electron chi connectivity index (χ1n) is 7.81. The second kappa shape index (κ2) is 8.31. The molecule has 0 heterocycles. The van der Waals surface area contributed by atoms with Crippen molar-refractivity contribution in [2.24, 2.45) is 4.99 Å². The van der Waals surface area contributed by atoms with Crippen LogP contribution in [0.2, 0.25) is 0 Å². The molecule has 0 radical (unpaired) electrons. The maximum atomic E-state index is 9.95. The van der Waals surface area contributed by atoms with Gasteiger partial charge in [0.2, 0.25) is 5.75 Å². The number of aliphatic imine (C=N–C) groups is 1. The third-order valence-electron chi connectivity index (χ3n) is 3.65. The minimum atomic E-state index is 0.00444. The molecule has 0 fully saturated rings. The molecular formula is C17H25N3O3. The van der Waals surface area contributed by atoms with Crippen LogP contribution in [0, 0.1) is 0 Å². The number of methoxy groups -OCH3 is 2. The molecule has 0 atom stereocenters. The third kappa shape index (κ3) is 4.55. The van der Waals surface area contributed by atoms with Crippen LogP contribution in [0.15, 0.2) is 29.3 Å². The minimum absolute atomic E-state index is 0.00444. The van der Waals surface area contributed by atoms with E-state index in [4.69, 9.17) is 9.47 Å². The van der Waals surface area contributed by atoms with Crippen LogP contribution in [-0.4, -0.2) is 37.9 Å². The molecule has 126 valence electrons. The number of ether oxygens (including phenoxy) is 2. The first-order chi connectivity index (χ1) is 11.2. The Kier molecular flexibility index (Phi) is 6.14. The predicted molar refractivity (Wildman–Crippen MR) is 91.3 cm³/mol. The van der Waals surface area contributed by atoms with Gasteiger partial charge in [0, 0.05) is 12.6 Å². The molecule has 0 aromatic heterocycles. The Morgan fingerprint density at radius 3 is 2.35 bits per heavy atom. The fourth-order valence-corrected chi connectivity index (χ4v) is 2.46. The molecule has 0 amide bonds. The van der Waals surface area contributed by atoms with Crippen molar-refractivity contribution in [3.05, 3.63) is 29.8 Å². The van der Waals surface area contributed by atoms with Crippen molar-refractivity contribution in [3.8, 4) is 17.2 Å². The van der Waals surface area contributed by atoms with Gasteiger partial charge in [-0.1, -0.05) is 12.2 Å². The fourth-order valence-electron chi connectivity index (χ4n) is 2.46. The normalized spacial score (nSPS) is 14.8. The SMILES string of the molecule is CCNC(=NCc1cc(OC)c(O)c(OC)c1)NC1CC=CC1. The number of hydrogen-bond donors (Lipinski definition) is 3. The van der Waals surface area contributed by atoms with Crippen LogP contribution >= 0.6 is 0 Å². The Labute approximate surface area is 137 Å². The Morgan fingerprint density at radius 1 is 1.22 bits per heavy atom. The Balaban J connectivity index is 2.11. The predicted octanol–water partition coefficient (Wildman–Crippen LogP) is 2.18. The van der Waals surface area contributed by atoms with E-state index in [1.54, 1.807) is 12.1 Å². The average molecular weight is 319 g/mol. The van der Waals surface area contributed by atoms with Crippen LogP contribution in [0.4, 0.5) is 0 Å². The summed E-state index contributed by atoms with van der Waals surface area (Å²) in [6.07, 6.45) is 6.39. The number of guanidine groups is 1. The Morgan fingerprint density at radius 2 is 1.83 bits per heavy atom. The molecule has 1 aliphatic carbocycles. The van der Waals surface area contributed by atoms with Gasteiger partial charge in [-0.25, -0.2) is 4.99 Å². The number of rotatable bonds is 6. The zero-order valence-corrected chi connectivity index (χ0v) is 13.9. The number of aromatic hydroxyl groups is 1. The van der Waals surface area contributed by atoms with E-state index < -0.39 is 0 Å². The maximum absolute atomic E-state index is 9.95. The molecule has 0 saturated carbocycles. The van der Waals surface area contributed by atoms with Crippen LogP contribution in [0.3, 0.4) is 0 Å². The van der Waals surface area contributed by atoms with Crippen LogP contribution in [0.5, 0.6) is 17.2 Å². The van der Waals surface area contributed by atoms with Crippen molar-refractivity contribution >= 4 is 5.96 Å². The summed E-state index contributed by atoms with van der Waals surface area (Å²) in [5.74, 6) is 1.55. The average Bonchev–Trinajstić information content (AvgIpc) is 3.06. The summed E-state index contributed by atoms with van der Waals surface area (Å²) in [7, 11) is 3.03. The molecule has 0 bridgehead atoms. The molecule has 6 nitrogen and oxygen atoms in total. The van der Waals surface area contributed by atoms with Crippen LogP contribution in [0.1, 0.15) is 25.3 Å². The third-order valence-corrected chi connectivity index (χ3v) is 3.65. The van der Waals surface area contributed by atoms with E-state index in [-0.39, 0.29) is 5.75 Å². The number of hydrogen-bond acceptors (Lipinski definition) is 4. The number of phenols is 1. The standard InChI is InChI=1S/C17H25N3O3/c1-4-18-17(20-13-7-5-6-8-13)19-11-12-9-14(22-2)16(21)15(10-12)23-3/h5-6,9-10,13,21H,4,7-8,11H2,1-3H3,(H2,18,19,20). The van der Waals surface area contributed by atoms with E-state index in [2.05, 4.69) is 27.8 Å². The summed E-state index contributed by atoms with van der Waals surface area (Å²) < 4.78 is 10.3. The van der Waals surface area contributed by atoms with Gasteiger partial charge >= 0.3 is 0 Å². The van der Waals surface area contributed by atoms with Crippen molar-refractivity contribution in [1.29, 1.82) is 0 Å². The molecule has 1 aliphatic rings. The zero-order chi connectivity index (χ0) is 16.7. The summed E-state index contributed by atoms with van der Waals surface area (Å²) in [5.41, 5.74) is 0.901. The maximum Gasteiger partial charge on any atom is 0.200 e.